The first-order valence-electron chi connectivity index (χ1n) is 5.92. The second-order valence-electron chi connectivity index (χ2n) is 4.13. The molecule has 0 amide bonds. The summed E-state index contributed by atoms with van der Waals surface area (Å²) in [6.07, 6.45) is 1.99. The highest BCUT2D eigenvalue weighted by Gasteiger charge is 2.20. The fourth-order valence-corrected chi connectivity index (χ4v) is 2.47. The molecular weight excluding hydrogens is 264 g/mol. The predicted octanol–water partition coefficient (Wildman–Crippen LogP) is 4.00. The number of hydrogen-bond donors (Lipinski definition) is 1. The lowest BCUT2D eigenvalue weighted by atomic mass is 9.98. The van der Waals surface area contributed by atoms with Crippen molar-refractivity contribution in [3.05, 3.63) is 65.2 Å². The van der Waals surface area contributed by atoms with E-state index in [0.29, 0.717) is 0 Å². The first-order chi connectivity index (χ1) is 9.17. The molecule has 4 heteroatoms. The molecular formula is C15H15F2NS. The van der Waals surface area contributed by atoms with E-state index in [1.807, 2.05) is 30.5 Å². The van der Waals surface area contributed by atoms with Crippen molar-refractivity contribution in [3.63, 3.8) is 0 Å². The van der Waals surface area contributed by atoms with E-state index in [1.54, 1.807) is 18.8 Å². The van der Waals surface area contributed by atoms with E-state index in [0.717, 1.165) is 10.5 Å². The maximum absolute atomic E-state index is 13.8. The third-order valence-corrected chi connectivity index (χ3v) is 3.77. The SMILES string of the molecule is CNC(c1ccc(SC)cc1)c1c(F)cccc1F. The Morgan fingerprint density at radius 2 is 1.58 bits per heavy atom. The largest absolute Gasteiger partial charge is 0.309 e. The minimum atomic E-state index is -0.534. The molecule has 1 unspecified atom stereocenters. The molecule has 0 fully saturated rings. The molecule has 1 nitrogen and oxygen atoms in total. The number of halogens is 2. The van der Waals surface area contributed by atoms with Crippen molar-refractivity contribution in [1.82, 2.24) is 5.32 Å². The monoisotopic (exact) mass is 279 g/mol. The first-order valence-corrected chi connectivity index (χ1v) is 7.15. The van der Waals surface area contributed by atoms with Gasteiger partial charge in [0.2, 0.25) is 0 Å². The third-order valence-electron chi connectivity index (χ3n) is 3.03. The maximum atomic E-state index is 13.8. The topological polar surface area (TPSA) is 12.0 Å². The molecule has 1 N–H and O–H groups in total. The molecule has 0 radical (unpaired) electrons. The van der Waals surface area contributed by atoms with Crippen LogP contribution in [0.5, 0.6) is 0 Å². The van der Waals surface area contributed by atoms with Crippen LogP contribution in [0.2, 0.25) is 0 Å². The lowest BCUT2D eigenvalue weighted by Crippen LogP contribution is -2.20. The molecule has 0 aliphatic rings. The van der Waals surface area contributed by atoms with Crippen LogP contribution < -0.4 is 5.32 Å². The van der Waals surface area contributed by atoms with Crippen molar-refractivity contribution in [2.75, 3.05) is 13.3 Å². The van der Waals surface area contributed by atoms with Crippen molar-refractivity contribution in [2.45, 2.75) is 10.9 Å². The number of benzene rings is 2. The molecule has 0 aromatic heterocycles. The molecule has 0 saturated heterocycles. The number of nitrogens with one attached hydrogen (secondary N) is 1. The molecule has 0 saturated carbocycles. The minimum absolute atomic E-state index is 0.0573. The predicted molar refractivity (Wildman–Crippen MR) is 75.5 cm³/mol. The molecule has 1 atom stereocenters. The van der Waals surface area contributed by atoms with Gasteiger partial charge in [0.05, 0.1) is 6.04 Å². The van der Waals surface area contributed by atoms with E-state index >= 15 is 0 Å². The maximum Gasteiger partial charge on any atom is 0.131 e. The average Bonchev–Trinajstić information content (AvgIpc) is 2.43. The zero-order valence-electron chi connectivity index (χ0n) is 10.8. The summed E-state index contributed by atoms with van der Waals surface area (Å²) in [5.74, 6) is -1.07. The van der Waals surface area contributed by atoms with E-state index in [-0.39, 0.29) is 5.56 Å². The molecule has 0 heterocycles. The first kappa shape index (κ1) is 14.0. The molecule has 100 valence electrons. The Kier molecular flexibility index (Phi) is 4.56. The quantitative estimate of drug-likeness (QED) is 0.849. The number of rotatable bonds is 4. The summed E-state index contributed by atoms with van der Waals surface area (Å²) in [7, 11) is 1.69. The van der Waals surface area contributed by atoms with Gasteiger partial charge in [0.1, 0.15) is 11.6 Å². The van der Waals surface area contributed by atoms with Crippen LogP contribution >= 0.6 is 11.8 Å². The Bertz CT molecular complexity index is 534. The van der Waals surface area contributed by atoms with Gasteiger partial charge < -0.3 is 5.32 Å². The summed E-state index contributed by atoms with van der Waals surface area (Å²) >= 11 is 1.63. The second-order valence-corrected chi connectivity index (χ2v) is 5.01. The van der Waals surface area contributed by atoms with E-state index in [9.17, 15) is 8.78 Å². The van der Waals surface area contributed by atoms with Crippen LogP contribution in [0.1, 0.15) is 17.2 Å². The lowest BCUT2D eigenvalue weighted by Gasteiger charge is -2.18. The van der Waals surface area contributed by atoms with Gasteiger partial charge in [-0.25, -0.2) is 8.78 Å². The van der Waals surface area contributed by atoms with Gasteiger partial charge in [-0.3, -0.25) is 0 Å². The van der Waals surface area contributed by atoms with Crippen molar-refractivity contribution in [3.8, 4) is 0 Å². The van der Waals surface area contributed by atoms with Crippen molar-refractivity contribution in [1.29, 1.82) is 0 Å². The minimum Gasteiger partial charge on any atom is -0.309 e. The Labute approximate surface area is 116 Å². The number of hydrogen-bond acceptors (Lipinski definition) is 2. The number of thioether (sulfide) groups is 1. The van der Waals surface area contributed by atoms with Crippen molar-refractivity contribution < 1.29 is 8.78 Å². The van der Waals surface area contributed by atoms with Crippen LogP contribution in [0, 0.1) is 11.6 Å². The fourth-order valence-electron chi connectivity index (χ4n) is 2.06. The highest BCUT2D eigenvalue weighted by Crippen LogP contribution is 2.27. The molecule has 0 aliphatic heterocycles. The summed E-state index contributed by atoms with van der Waals surface area (Å²) in [6, 6.07) is 11.1. The van der Waals surface area contributed by atoms with Gasteiger partial charge in [-0.15, -0.1) is 11.8 Å². The van der Waals surface area contributed by atoms with Crippen LogP contribution in [0.4, 0.5) is 8.78 Å². The summed E-state index contributed by atoms with van der Waals surface area (Å²) in [5.41, 5.74) is 0.895. The lowest BCUT2D eigenvalue weighted by molar-refractivity contribution is 0.522. The fraction of sp³-hybridized carbons (Fsp3) is 0.200. The molecule has 0 spiro atoms. The highest BCUT2D eigenvalue weighted by atomic mass is 32.2. The van der Waals surface area contributed by atoms with Gasteiger partial charge in [0.25, 0.3) is 0 Å². The normalized spacial score (nSPS) is 12.4. The smallest absolute Gasteiger partial charge is 0.131 e. The standard InChI is InChI=1S/C15H15F2NS/c1-18-15(10-6-8-11(19-2)9-7-10)14-12(16)4-3-5-13(14)17/h3-9,15,18H,1-2H3. The molecule has 0 bridgehead atoms. The summed E-state index contributed by atoms with van der Waals surface area (Å²) in [4.78, 5) is 1.12. The third kappa shape index (κ3) is 2.96. The van der Waals surface area contributed by atoms with E-state index in [2.05, 4.69) is 5.32 Å². The Morgan fingerprint density at radius 1 is 1.00 bits per heavy atom. The van der Waals surface area contributed by atoms with Gasteiger partial charge in [0.15, 0.2) is 0 Å². The molecule has 0 aliphatic carbocycles. The van der Waals surface area contributed by atoms with Gasteiger partial charge >= 0.3 is 0 Å². The summed E-state index contributed by atoms with van der Waals surface area (Å²) in [6.45, 7) is 0. The summed E-state index contributed by atoms with van der Waals surface area (Å²) in [5, 5.41) is 2.97. The van der Waals surface area contributed by atoms with Crippen molar-refractivity contribution >= 4 is 11.8 Å². The molecule has 2 aromatic carbocycles. The van der Waals surface area contributed by atoms with E-state index in [1.165, 1.54) is 18.2 Å². The zero-order chi connectivity index (χ0) is 13.8. The Balaban J connectivity index is 2.44. The van der Waals surface area contributed by atoms with Crippen LogP contribution in [0.3, 0.4) is 0 Å². The Hall–Kier alpha value is -1.39. The highest BCUT2D eigenvalue weighted by molar-refractivity contribution is 7.98. The molecule has 2 aromatic rings. The second kappa shape index (κ2) is 6.17. The average molecular weight is 279 g/mol. The van der Waals surface area contributed by atoms with Crippen LogP contribution in [-0.4, -0.2) is 13.3 Å². The molecule has 19 heavy (non-hydrogen) atoms. The van der Waals surface area contributed by atoms with Gasteiger partial charge in [-0.2, -0.15) is 0 Å². The van der Waals surface area contributed by atoms with Gasteiger partial charge in [-0.1, -0.05) is 18.2 Å². The van der Waals surface area contributed by atoms with Gasteiger partial charge in [-0.05, 0) is 43.1 Å². The van der Waals surface area contributed by atoms with Crippen molar-refractivity contribution in [2.24, 2.45) is 0 Å². The summed E-state index contributed by atoms with van der Waals surface area (Å²) < 4.78 is 27.7. The van der Waals surface area contributed by atoms with Crippen LogP contribution in [0.25, 0.3) is 0 Å². The van der Waals surface area contributed by atoms with Gasteiger partial charge in [0, 0.05) is 10.5 Å². The van der Waals surface area contributed by atoms with Crippen LogP contribution in [0.15, 0.2) is 47.4 Å². The van der Waals surface area contributed by atoms with Crippen LogP contribution in [-0.2, 0) is 0 Å². The van der Waals surface area contributed by atoms with E-state index < -0.39 is 17.7 Å². The zero-order valence-corrected chi connectivity index (χ0v) is 11.6. The van der Waals surface area contributed by atoms with E-state index in [4.69, 9.17) is 0 Å². The molecule has 2 rings (SSSR count). The Morgan fingerprint density at radius 3 is 2.05 bits per heavy atom.